The van der Waals surface area contributed by atoms with Crippen LogP contribution in [0.2, 0.25) is 5.02 Å². The molecule has 3 aromatic carbocycles. The van der Waals surface area contributed by atoms with E-state index in [1.165, 1.54) is 0 Å². The minimum atomic E-state index is -0.706. The summed E-state index contributed by atoms with van der Waals surface area (Å²) in [5, 5.41) is 5.82. The van der Waals surface area contributed by atoms with Crippen LogP contribution in [0, 0.1) is 0 Å². The van der Waals surface area contributed by atoms with Gasteiger partial charge in [-0.25, -0.2) is 0 Å². The number of benzene rings is 3. The third-order valence-corrected chi connectivity index (χ3v) is 4.53. The van der Waals surface area contributed by atoms with Gasteiger partial charge in [-0.2, -0.15) is 0 Å². The molecule has 6 heteroatoms. The number of hydrogen-bond acceptors (Lipinski definition) is 3. The predicted molar refractivity (Wildman–Crippen MR) is 113 cm³/mol. The second kappa shape index (κ2) is 9.75. The van der Waals surface area contributed by atoms with Gasteiger partial charge in [-0.05, 0) is 48.9 Å². The van der Waals surface area contributed by atoms with Crippen LogP contribution in [0.15, 0.2) is 78.9 Å². The molecule has 0 radical (unpaired) electrons. The molecule has 3 aromatic rings. The quantitative estimate of drug-likeness (QED) is 0.601. The standard InChI is InChI=1S/C23H21ClN2O3/c1-16(26-23(28)20-12-5-6-13-21(20)24)22(27)25-15-17-8-7-11-19(14-17)29-18-9-3-2-4-10-18/h2-14,16H,15H2,1H3,(H,25,27)(H,26,28). The van der Waals surface area contributed by atoms with Gasteiger partial charge in [0, 0.05) is 6.54 Å². The highest BCUT2D eigenvalue weighted by atomic mass is 35.5. The van der Waals surface area contributed by atoms with E-state index < -0.39 is 11.9 Å². The number of hydrogen-bond donors (Lipinski definition) is 2. The van der Waals surface area contributed by atoms with E-state index in [1.807, 2.05) is 54.6 Å². The van der Waals surface area contributed by atoms with Crippen molar-refractivity contribution >= 4 is 23.4 Å². The van der Waals surface area contributed by atoms with Crippen molar-refractivity contribution in [3.05, 3.63) is 95.0 Å². The van der Waals surface area contributed by atoms with Crippen LogP contribution in [-0.2, 0) is 11.3 Å². The molecule has 0 saturated heterocycles. The summed E-state index contributed by atoms with van der Waals surface area (Å²) in [5.41, 5.74) is 1.22. The minimum Gasteiger partial charge on any atom is -0.457 e. The van der Waals surface area contributed by atoms with E-state index in [2.05, 4.69) is 10.6 Å². The summed E-state index contributed by atoms with van der Waals surface area (Å²) in [7, 11) is 0. The summed E-state index contributed by atoms with van der Waals surface area (Å²) < 4.78 is 5.80. The van der Waals surface area contributed by atoms with Gasteiger partial charge in [0.05, 0.1) is 10.6 Å². The molecule has 0 aliphatic carbocycles. The molecule has 0 aromatic heterocycles. The summed E-state index contributed by atoms with van der Waals surface area (Å²) in [4.78, 5) is 24.6. The number of carbonyl (C=O) groups excluding carboxylic acids is 2. The van der Waals surface area contributed by atoms with Gasteiger partial charge < -0.3 is 15.4 Å². The molecule has 29 heavy (non-hydrogen) atoms. The molecule has 0 spiro atoms. The largest absolute Gasteiger partial charge is 0.457 e. The van der Waals surface area contributed by atoms with Crippen molar-refractivity contribution in [3.8, 4) is 11.5 Å². The second-order valence-corrected chi connectivity index (χ2v) is 6.86. The molecule has 1 atom stereocenters. The molecule has 0 aliphatic heterocycles. The number of ether oxygens (including phenoxy) is 1. The van der Waals surface area contributed by atoms with Gasteiger partial charge >= 0.3 is 0 Å². The van der Waals surface area contributed by atoms with E-state index in [0.29, 0.717) is 22.9 Å². The average Bonchev–Trinajstić information content (AvgIpc) is 2.73. The molecule has 148 valence electrons. The smallest absolute Gasteiger partial charge is 0.253 e. The van der Waals surface area contributed by atoms with Crippen LogP contribution in [0.1, 0.15) is 22.8 Å². The monoisotopic (exact) mass is 408 g/mol. The maximum absolute atomic E-state index is 12.4. The van der Waals surface area contributed by atoms with E-state index in [-0.39, 0.29) is 5.91 Å². The number of halogens is 1. The molecule has 0 heterocycles. The Morgan fingerprint density at radius 1 is 0.931 bits per heavy atom. The first-order chi connectivity index (χ1) is 14.0. The maximum atomic E-state index is 12.4. The number of amides is 2. The van der Waals surface area contributed by atoms with Crippen molar-refractivity contribution < 1.29 is 14.3 Å². The Kier molecular flexibility index (Phi) is 6.87. The van der Waals surface area contributed by atoms with Gasteiger partial charge in [0.2, 0.25) is 5.91 Å². The van der Waals surface area contributed by atoms with Crippen molar-refractivity contribution in [2.24, 2.45) is 0 Å². The van der Waals surface area contributed by atoms with Gasteiger partial charge in [0.25, 0.3) is 5.91 Å². The topological polar surface area (TPSA) is 67.4 Å². The van der Waals surface area contributed by atoms with Crippen molar-refractivity contribution in [2.75, 3.05) is 0 Å². The lowest BCUT2D eigenvalue weighted by Crippen LogP contribution is -2.44. The number of carbonyl (C=O) groups is 2. The molecule has 0 saturated carbocycles. The van der Waals surface area contributed by atoms with Gasteiger partial charge in [-0.3, -0.25) is 9.59 Å². The van der Waals surface area contributed by atoms with E-state index in [0.717, 1.165) is 11.3 Å². The molecule has 0 aliphatic rings. The first kappa shape index (κ1) is 20.4. The zero-order valence-corrected chi connectivity index (χ0v) is 16.6. The molecular weight excluding hydrogens is 388 g/mol. The number of rotatable bonds is 7. The lowest BCUT2D eigenvalue weighted by atomic mass is 10.2. The van der Waals surface area contributed by atoms with Crippen LogP contribution in [0.3, 0.4) is 0 Å². The molecule has 2 amide bonds. The summed E-state index contributed by atoms with van der Waals surface area (Å²) >= 11 is 6.02. The van der Waals surface area contributed by atoms with E-state index in [1.54, 1.807) is 31.2 Å². The predicted octanol–water partition coefficient (Wildman–Crippen LogP) is 4.57. The van der Waals surface area contributed by atoms with Gasteiger partial charge in [-0.15, -0.1) is 0 Å². The highest BCUT2D eigenvalue weighted by Gasteiger charge is 2.17. The van der Waals surface area contributed by atoms with Gasteiger partial charge in [0.1, 0.15) is 17.5 Å². The van der Waals surface area contributed by atoms with Gasteiger partial charge in [-0.1, -0.05) is 54.1 Å². The minimum absolute atomic E-state index is 0.292. The van der Waals surface area contributed by atoms with Crippen molar-refractivity contribution in [2.45, 2.75) is 19.5 Å². The van der Waals surface area contributed by atoms with Crippen LogP contribution in [-0.4, -0.2) is 17.9 Å². The first-order valence-corrected chi connectivity index (χ1v) is 9.55. The normalized spacial score (nSPS) is 11.4. The Labute approximate surface area is 174 Å². The van der Waals surface area contributed by atoms with Gasteiger partial charge in [0.15, 0.2) is 0 Å². The number of para-hydroxylation sites is 1. The molecular formula is C23H21ClN2O3. The molecule has 0 bridgehead atoms. The Hall–Kier alpha value is -3.31. The summed E-state index contributed by atoms with van der Waals surface area (Å²) in [6.07, 6.45) is 0. The summed E-state index contributed by atoms with van der Waals surface area (Å²) in [6.45, 7) is 1.94. The van der Waals surface area contributed by atoms with Crippen LogP contribution < -0.4 is 15.4 Å². The molecule has 3 rings (SSSR count). The average molecular weight is 409 g/mol. The highest BCUT2D eigenvalue weighted by Crippen LogP contribution is 2.21. The third kappa shape index (κ3) is 5.83. The lowest BCUT2D eigenvalue weighted by molar-refractivity contribution is -0.122. The third-order valence-electron chi connectivity index (χ3n) is 4.20. The fourth-order valence-corrected chi connectivity index (χ4v) is 2.89. The first-order valence-electron chi connectivity index (χ1n) is 9.18. The van der Waals surface area contributed by atoms with Crippen LogP contribution in [0.25, 0.3) is 0 Å². The molecule has 0 fully saturated rings. The number of nitrogens with one attached hydrogen (secondary N) is 2. The Bertz CT molecular complexity index is 992. The SMILES string of the molecule is CC(NC(=O)c1ccccc1Cl)C(=O)NCc1cccc(Oc2ccccc2)c1. The maximum Gasteiger partial charge on any atom is 0.253 e. The van der Waals surface area contributed by atoms with E-state index in [4.69, 9.17) is 16.3 Å². The molecule has 5 nitrogen and oxygen atoms in total. The molecule has 1 unspecified atom stereocenters. The van der Waals surface area contributed by atoms with Crippen LogP contribution >= 0.6 is 11.6 Å². The zero-order valence-electron chi connectivity index (χ0n) is 15.9. The Morgan fingerprint density at radius 2 is 1.62 bits per heavy atom. The van der Waals surface area contributed by atoms with Crippen LogP contribution in [0.4, 0.5) is 0 Å². The molecule has 2 N–H and O–H groups in total. The Morgan fingerprint density at radius 3 is 2.38 bits per heavy atom. The van der Waals surface area contributed by atoms with Crippen LogP contribution in [0.5, 0.6) is 11.5 Å². The van der Waals surface area contributed by atoms with Crippen molar-refractivity contribution in [1.82, 2.24) is 10.6 Å². The van der Waals surface area contributed by atoms with E-state index >= 15 is 0 Å². The van der Waals surface area contributed by atoms with Crippen molar-refractivity contribution in [1.29, 1.82) is 0 Å². The van der Waals surface area contributed by atoms with Crippen molar-refractivity contribution in [3.63, 3.8) is 0 Å². The Balaban J connectivity index is 1.54. The summed E-state index contributed by atoms with van der Waals surface area (Å²) in [6, 6.07) is 22.9. The highest BCUT2D eigenvalue weighted by molar-refractivity contribution is 6.33. The summed E-state index contributed by atoms with van der Waals surface area (Å²) in [5.74, 6) is 0.740. The zero-order chi connectivity index (χ0) is 20.6. The fourth-order valence-electron chi connectivity index (χ4n) is 2.67. The lowest BCUT2D eigenvalue weighted by Gasteiger charge is -2.15. The fraction of sp³-hybridized carbons (Fsp3) is 0.130. The van der Waals surface area contributed by atoms with E-state index in [9.17, 15) is 9.59 Å². The second-order valence-electron chi connectivity index (χ2n) is 6.46.